The molecular weight excluding hydrogens is 312 g/mol. The van der Waals surface area contributed by atoms with Crippen molar-refractivity contribution in [2.45, 2.75) is 0 Å². The number of aliphatic hydroxyl groups excluding tert-OH is 2. The van der Waals surface area contributed by atoms with E-state index in [-0.39, 0.29) is 40.2 Å². The second-order valence-electron chi connectivity index (χ2n) is 0.447. The summed E-state index contributed by atoms with van der Waals surface area (Å²) < 4.78 is 0. The van der Waals surface area contributed by atoms with Crippen LogP contribution >= 0.6 is 27.0 Å². The average molecular weight is 355 g/mol. The van der Waals surface area contributed by atoms with Gasteiger partial charge in [-0.15, -0.1) is 105 Å². The highest BCUT2D eigenvalue weighted by Crippen LogP contribution is 1.39. The lowest BCUT2D eigenvalue weighted by Crippen LogP contribution is -1.85. The van der Waals surface area contributed by atoms with Crippen LogP contribution in [0.25, 0.3) is 0 Å². The van der Waals surface area contributed by atoms with E-state index in [4.69, 9.17) is 10.2 Å². The summed E-state index contributed by atoms with van der Waals surface area (Å²) in [5.41, 5.74) is 0. The molecule has 138 valence electrons. The fraction of sp³-hybridized carbons (Fsp3) is 0.111. The van der Waals surface area contributed by atoms with E-state index in [9.17, 15) is 0 Å². The van der Waals surface area contributed by atoms with Gasteiger partial charge in [-0.1, -0.05) is 0 Å². The van der Waals surface area contributed by atoms with E-state index in [1.54, 1.807) is 0 Å². The minimum absolute atomic E-state index is 0. The second-order valence-corrected chi connectivity index (χ2v) is 0.447. The molecule has 0 saturated heterocycles. The zero-order valence-electron chi connectivity index (χ0n) is 14.6. The zero-order valence-corrected chi connectivity index (χ0v) is 16.6. The van der Waals surface area contributed by atoms with E-state index in [0.29, 0.717) is 0 Å². The number of hydrogen-bond donors (Lipinski definition) is 2. The summed E-state index contributed by atoms with van der Waals surface area (Å²) in [7, 11) is 0. The Morgan fingerprint density at radius 3 is 0.364 bits per heavy atom. The Bertz CT molecular complexity index is 59.5. The lowest BCUT2D eigenvalue weighted by molar-refractivity contribution is 0.186. The summed E-state index contributed by atoms with van der Waals surface area (Å²) in [5.74, 6) is 0. The molecule has 0 rings (SSSR count). The van der Waals surface area contributed by atoms with Crippen LogP contribution in [0.3, 0.4) is 0 Å². The Morgan fingerprint density at radius 1 is 0.318 bits per heavy atom. The highest BCUT2D eigenvalue weighted by atomic mass is 32.1. The van der Waals surface area contributed by atoms with Crippen LogP contribution in [0.1, 0.15) is 0 Å². The van der Waals surface area contributed by atoms with Crippen LogP contribution in [0.4, 0.5) is 0 Å². The first-order valence-electron chi connectivity index (χ1n) is 5.13. The summed E-state index contributed by atoms with van der Waals surface area (Å²) in [6.45, 7) is 47.8. The van der Waals surface area contributed by atoms with Gasteiger partial charge in [0, 0.05) is 0 Å². The van der Waals surface area contributed by atoms with Crippen molar-refractivity contribution in [2.75, 3.05) is 13.2 Å². The molecule has 4 heteroatoms. The first kappa shape index (κ1) is 86.2. The van der Waals surface area contributed by atoms with E-state index in [1.165, 1.54) is 0 Å². The Balaban J connectivity index is -0.00000000693. The van der Waals surface area contributed by atoms with E-state index < -0.39 is 0 Å². The van der Waals surface area contributed by atoms with Gasteiger partial charge in [0.05, 0.1) is 13.2 Å². The van der Waals surface area contributed by atoms with Gasteiger partial charge in [0.1, 0.15) is 0 Å². The lowest BCUT2D eigenvalue weighted by atomic mass is 10.8. The molecule has 0 radical (unpaired) electrons. The molecule has 0 aromatic heterocycles. The molecule has 0 aliphatic rings. The molecule has 2 N–H and O–H groups in total. The van der Waals surface area contributed by atoms with E-state index in [2.05, 4.69) is 105 Å². The Kier molecular flexibility index (Phi) is 90200. The van der Waals surface area contributed by atoms with E-state index >= 15 is 0 Å². The van der Waals surface area contributed by atoms with Crippen LogP contribution in [0.5, 0.6) is 0 Å². The summed E-state index contributed by atoms with van der Waals surface area (Å²) in [6, 6.07) is 0. The predicted octanol–water partition coefficient (Wildman–Crippen LogP) is 5.61. The van der Waals surface area contributed by atoms with Gasteiger partial charge in [-0.05, 0) is 0 Å². The van der Waals surface area contributed by atoms with E-state index in [1.807, 2.05) is 0 Å². The van der Waals surface area contributed by atoms with Crippen molar-refractivity contribution in [1.29, 1.82) is 0 Å². The van der Waals surface area contributed by atoms with Crippen molar-refractivity contribution in [1.82, 2.24) is 0 Å². The van der Waals surface area contributed by atoms with E-state index in [0.717, 1.165) is 0 Å². The van der Waals surface area contributed by atoms with Crippen molar-refractivity contribution in [3.8, 4) is 0 Å². The maximum Gasteiger partial charge on any atom is 0.0662 e. The molecule has 0 fully saturated rings. The smallest absolute Gasteiger partial charge is 0.0662 e. The largest absolute Gasteiger partial charge is 0.394 e. The Morgan fingerprint density at radius 2 is 0.364 bits per heavy atom. The highest BCUT2D eigenvalue weighted by molar-refractivity contribution is 7.59. The molecular formula is C18H42O2S2. The van der Waals surface area contributed by atoms with Gasteiger partial charge in [-0.2, -0.15) is 27.0 Å². The highest BCUT2D eigenvalue weighted by Gasteiger charge is 1.58. The minimum atomic E-state index is -0.125. The first-order valence-corrected chi connectivity index (χ1v) is 5.13. The molecule has 0 unspecified atom stereocenters. The zero-order chi connectivity index (χ0) is 19.4. The van der Waals surface area contributed by atoms with Gasteiger partial charge in [-0.25, -0.2) is 0 Å². The third-order valence-corrected chi connectivity index (χ3v) is 0.1000. The normalized spacial score (nSPS) is 2.82. The molecule has 0 aliphatic heterocycles. The summed E-state index contributed by atoms with van der Waals surface area (Å²) in [6.07, 6.45) is 0. The van der Waals surface area contributed by atoms with Crippen molar-refractivity contribution in [3.05, 3.63) is 105 Å². The quantitative estimate of drug-likeness (QED) is 0.600. The maximum atomic E-state index is 7.62. The van der Waals surface area contributed by atoms with Gasteiger partial charge in [0.25, 0.3) is 0 Å². The Labute approximate surface area is 155 Å². The molecule has 0 heterocycles. The fourth-order valence-corrected chi connectivity index (χ4v) is 0. The number of hydrogen-bond acceptors (Lipinski definition) is 2. The van der Waals surface area contributed by atoms with Gasteiger partial charge in [-0.3, -0.25) is 0 Å². The molecule has 0 amide bonds. The fourth-order valence-electron chi connectivity index (χ4n) is 0. The number of rotatable bonds is 1. The molecule has 22 heavy (non-hydrogen) atoms. The molecule has 0 spiro atoms. The summed E-state index contributed by atoms with van der Waals surface area (Å²) in [5, 5.41) is 15.2. The molecule has 0 aliphatic carbocycles. The van der Waals surface area contributed by atoms with Crippen LogP contribution in [0.2, 0.25) is 0 Å². The molecule has 0 bridgehead atoms. The SMILES string of the molecule is C=C.C=C.C=C.C=C.C=C.C=C.C=C.C=C.OCCO.S.S. The molecule has 0 aromatic carbocycles. The van der Waals surface area contributed by atoms with Gasteiger partial charge in [0.15, 0.2) is 0 Å². The van der Waals surface area contributed by atoms with Gasteiger partial charge >= 0.3 is 0 Å². The number of aliphatic hydroxyl groups is 2. The van der Waals surface area contributed by atoms with Gasteiger partial charge in [0.2, 0.25) is 0 Å². The summed E-state index contributed by atoms with van der Waals surface area (Å²) in [4.78, 5) is 0. The van der Waals surface area contributed by atoms with Gasteiger partial charge < -0.3 is 10.2 Å². The van der Waals surface area contributed by atoms with Crippen LogP contribution in [-0.2, 0) is 0 Å². The Hall–Kier alpha value is -1.46. The monoisotopic (exact) mass is 354 g/mol. The average Bonchev–Trinajstić information content (AvgIpc) is 2.68. The molecule has 0 saturated carbocycles. The van der Waals surface area contributed by atoms with Crippen molar-refractivity contribution in [2.24, 2.45) is 0 Å². The molecule has 2 nitrogen and oxygen atoms in total. The third-order valence-electron chi connectivity index (χ3n) is 0.1000. The van der Waals surface area contributed by atoms with Crippen LogP contribution in [0, 0.1) is 0 Å². The first-order chi connectivity index (χ1) is 9.91. The van der Waals surface area contributed by atoms with Crippen LogP contribution in [-0.4, -0.2) is 23.4 Å². The maximum absolute atomic E-state index is 7.62. The lowest BCUT2D eigenvalue weighted by Gasteiger charge is -1.70. The topological polar surface area (TPSA) is 40.5 Å². The standard InChI is InChI=1S/C2H6O2.8C2H4.2H2S/c3-1-2-4;8*1-2;;/h3-4H,1-2H2;8*1-2H2;2*1H2. The van der Waals surface area contributed by atoms with Crippen molar-refractivity contribution >= 4 is 27.0 Å². The van der Waals surface area contributed by atoms with Crippen LogP contribution in [0.15, 0.2) is 105 Å². The molecule has 0 atom stereocenters. The van der Waals surface area contributed by atoms with Crippen LogP contribution < -0.4 is 0 Å². The van der Waals surface area contributed by atoms with Crippen molar-refractivity contribution in [3.63, 3.8) is 0 Å². The third kappa shape index (κ3) is 27000. The van der Waals surface area contributed by atoms with Crippen molar-refractivity contribution < 1.29 is 10.2 Å². The predicted molar refractivity (Wildman–Crippen MR) is 125 cm³/mol. The molecule has 0 aromatic rings. The summed E-state index contributed by atoms with van der Waals surface area (Å²) >= 11 is 0. The second kappa shape index (κ2) is 23000. The minimum Gasteiger partial charge on any atom is -0.394 e.